The van der Waals surface area contributed by atoms with Crippen LogP contribution >= 0.6 is 12.6 Å². The molecule has 20 heavy (non-hydrogen) atoms. The first-order valence-electron chi connectivity index (χ1n) is 6.89. The standard InChI is InChI=1S/C15H21NO3S/c17-14(18)10-4-2-1-3-7-11-16-15(19)12-8-5-6-9-13(12)20/h5-6,8-9,20H,1-4,7,10-11H2,(H,16,19)(H,17,18). The van der Waals surface area contributed by atoms with Gasteiger partial charge in [0, 0.05) is 17.9 Å². The third kappa shape index (κ3) is 6.61. The van der Waals surface area contributed by atoms with Crippen LogP contribution in [0.3, 0.4) is 0 Å². The summed E-state index contributed by atoms with van der Waals surface area (Å²) in [5.41, 5.74) is 0.595. The first-order valence-corrected chi connectivity index (χ1v) is 7.34. The molecular weight excluding hydrogens is 274 g/mol. The van der Waals surface area contributed by atoms with Crippen LogP contribution in [0.1, 0.15) is 48.9 Å². The number of aliphatic carboxylic acids is 1. The van der Waals surface area contributed by atoms with E-state index in [9.17, 15) is 9.59 Å². The van der Waals surface area contributed by atoms with Crippen LogP contribution in [-0.2, 0) is 4.79 Å². The summed E-state index contributed by atoms with van der Waals surface area (Å²) >= 11 is 4.25. The highest BCUT2D eigenvalue weighted by Crippen LogP contribution is 2.12. The molecule has 0 unspecified atom stereocenters. The lowest BCUT2D eigenvalue weighted by molar-refractivity contribution is -0.137. The monoisotopic (exact) mass is 295 g/mol. The number of amides is 1. The van der Waals surface area contributed by atoms with E-state index in [0.29, 0.717) is 17.0 Å². The van der Waals surface area contributed by atoms with Gasteiger partial charge in [-0.2, -0.15) is 0 Å². The fraction of sp³-hybridized carbons (Fsp3) is 0.467. The second kappa shape index (κ2) is 9.42. The largest absolute Gasteiger partial charge is 0.481 e. The summed E-state index contributed by atoms with van der Waals surface area (Å²) in [6.07, 6.45) is 4.83. The highest BCUT2D eigenvalue weighted by molar-refractivity contribution is 7.80. The van der Waals surface area contributed by atoms with Gasteiger partial charge in [0.05, 0.1) is 5.56 Å². The van der Waals surface area contributed by atoms with Gasteiger partial charge in [-0.1, -0.05) is 31.4 Å². The summed E-state index contributed by atoms with van der Waals surface area (Å²) in [5.74, 6) is -0.829. The van der Waals surface area contributed by atoms with E-state index in [4.69, 9.17) is 5.11 Å². The predicted molar refractivity (Wildman–Crippen MR) is 81.4 cm³/mol. The van der Waals surface area contributed by atoms with Crippen molar-refractivity contribution in [2.24, 2.45) is 0 Å². The maximum atomic E-state index is 11.9. The van der Waals surface area contributed by atoms with Crippen LogP contribution in [0.4, 0.5) is 0 Å². The summed E-state index contributed by atoms with van der Waals surface area (Å²) in [6, 6.07) is 7.21. The van der Waals surface area contributed by atoms with E-state index in [1.54, 1.807) is 12.1 Å². The molecule has 1 rings (SSSR count). The van der Waals surface area contributed by atoms with Gasteiger partial charge in [-0.3, -0.25) is 9.59 Å². The lowest BCUT2D eigenvalue weighted by atomic mass is 10.1. The minimum Gasteiger partial charge on any atom is -0.481 e. The van der Waals surface area contributed by atoms with Crippen molar-refractivity contribution in [3.63, 3.8) is 0 Å². The first kappa shape index (κ1) is 16.6. The topological polar surface area (TPSA) is 66.4 Å². The van der Waals surface area contributed by atoms with E-state index < -0.39 is 5.97 Å². The SMILES string of the molecule is O=C(O)CCCCCCCNC(=O)c1ccccc1S. The zero-order valence-corrected chi connectivity index (χ0v) is 12.4. The molecule has 0 fully saturated rings. The smallest absolute Gasteiger partial charge is 0.303 e. The predicted octanol–water partition coefficient (Wildman–Crippen LogP) is 3.13. The van der Waals surface area contributed by atoms with Gasteiger partial charge in [0.2, 0.25) is 0 Å². The van der Waals surface area contributed by atoms with Crippen LogP contribution in [-0.4, -0.2) is 23.5 Å². The Bertz CT molecular complexity index is 448. The summed E-state index contributed by atoms with van der Waals surface area (Å²) in [4.78, 5) is 22.8. The molecule has 0 saturated heterocycles. The van der Waals surface area contributed by atoms with Gasteiger partial charge >= 0.3 is 5.97 Å². The Morgan fingerprint density at radius 3 is 2.40 bits per heavy atom. The quantitative estimate of drug-likeness (QED) is 0.484. The molecule has 0 spiro atoms. The van der Waals surface area contributed by atoms with Crippen molar-refractivity contribution in [3.8, 4) is 0 Å². The van der Waals surface area contributed by atoms with Crippen molar-refractivity contribution in [1.29, 1.82) is 0 Å². The second-order valence-electron chi connectivity index (χ2n) is 4.68. The Morgan fingerprint density at radius 2 is 1.70 bits per heavy atom. The summed E-state index contributed by atoms with van der Waals surface area (Å²) in [5, 5.41) is 11.4. The number of nitrogens with one attached hydrogen (secondary N) is 1. The molecular formula is C15H21NO3S. The van der Waals surface area contributed by atoms with Gasteiger partial charge in [-0.05, 0) is 25.0 Å². The maximum Gasteiger partial charge on any atom is 0.303 e. The maximum absolute atomic E-state index is 11.9. The molecule has 1 aromatic rings. The molecule has 1 aromatic carbocycles. The summed E-state index contributed by atoms with van der Waals surface area (Å²) < 4.78 is 0. The van der Waals surface area contributed by atoms with Crippen LogP contribution in [0, 0.1) is 0 Å². The Labute approximate surface area is 125 Å². The van der Waals surface area contributed by atoms with E-state index in [2.05, 4.69) is 17.9 Å². The third-order valence-electron chi connectivity index (χ3n) is 3.00. The Kier molecular flexibility index (Phi) is 7.80. The normalized spacial score (nSPS) is 10.2. The molecule has 2 N–H and O–H groups in total. The first-order chi connectivity index (χ1) is 9.61. The average molecular weight is 295 g/mol. The number of carbonyl (C=O) groups excluding carboxylic acids is 1. The third-order valence-corrected chi connectivity index (χ3v) is 3.39. The van der Waals surface area contributed by atoms with E-state index in [-0.39, 0.29) is 12.3 Å². The van der Waals surface area contributed by atoms with Gasteiger partial charge in [0.25, 0.3) is 5.91 Å². The number of hydrogen-bond donors (Lipinski definition) is 3. The minimum atomic E-state index is -0.734. The number of unbranched alkanes of at least 4 members (excludes halogenated alkanes) is 4. The molecule has 1 amide bonds. The van der Waals surface area contributed by atoms with Crippen LogP contribution < -0.4 is 5.32 Å². The number of benzene rings is 1. The Morgan fingerprint density at radius 1 is 1.05 bits per heavy atom. The zero-order valence-electron chi connectivity index (χ0n) is 11.5. The van der Waals surface area contributed by atoms with E-state index >= 15 is 0 Å². The number of rotatable bonds is 9. The Balaban J connectivity index is 2.08. The van der Waals surface area contributed by atoms with Crippen LogP contribution in [0.2, 0.25) is 0 Å². The van der Waals surface area contributed by atoms with Crippen molar-refractivity contribution in [2.75, 3.05) is 6.54 Å². The molecule has 0 heterocycles. The number of hydrogen-bond acceptors (Lipinski definition) is 3. The lowest BCUT2D eigenvalue weighted by Crippen LogP contribution is -2.24. The minimum absolute atomic E-state index is 0.0959. The number of carboxylic acids is 1. The van der Waals surface area contributed by atoms with E-state index in [1.807, 2.05) is 12.1 Å². The highest BCUT2D eigenvalue weighted by Gasteiger charge is 2.07. The second-order valence-corrected chi connectivity index (χ2v) is 5.17. The number of thiol groups is 1. The molecule has 4 nitrogen and oxygen atoms in total. The molecule has 0 aliphatic carbocycles. The van der Waals surface area contributed by atoms with Crippen molar-refractivity contribution in [2.45, 2.75) is 43.4 Å². The Hall–Kier alpha value is -1.49. The van der Waals surface area contributed by atoms with Crippen LogP contribution in [0.5, 0.6) is 0 Å². The van der Waals surface area contributed by atoms with Crippen LogP contribution in [0.15, 0.2) is 29.2 Å². The van der Waals surface area contributed by atoms with Gasteiger partial charge < -0.3 is 10.4 Å². The van der Waals surface area contributed by atoms with Gasteiger partial charge in [0.15, 0.2) is 0 Å². The number of carboxylic acid groups (broad SMARTS) is 1. The molecule has 0 radical (unpaired) electrons. The van der Waals surface area contributed by atoms with Crippen molar-refractivity contribution in [1.82, 2.24) is 5.32 Å². The summed E-state index contributed by atoms with van der Waals surface area (Å²) in [7, 11) is 0. The lowest BCUT2D eigenvalue weighted by Gasteiger charge is -2.07. The molecule has 0 bridgehead atoms. The molecule has 5 heteroatoms. The van der Waals surface area contributed by atoms with Gasteiger partial charge in [0.1, 0.15) is 0 Å². The molecule has 0 aliphatic rings. The summed E-state index contributed by atoms with van der Waals surface area (Å²) in [6.45, 7) is 0.639. The fourth-order valence-corrected chi connectivity index (χ4v) is 2.16. The molecule has 0 aliphatic heterocycles. The highest BCUT2D eigenvalue weighted by atomic mass is 32.1. The van der Waals surface area contributed by atoms with Gasteiger partial charge in [-0.25, -0.2) is 0 Å². The van der Waals surface area contributed by atoms with Crippen molar-refractivity contribution in [3.05, 3.63) is 29.8 Å². The fourth-order valence-electron chi connectivity index (χ4n) is 1.89. The van der Waals surface area contributed by atoms with E-state index in [0.717, 1.165) is 32.1 Å². The molecule has 110 valence electrons. The van der Waals surface area contributed by atoms with Crippen molar-refractivity contribution >= 4 is 24.5 Å². The van der Waals surface area contributed by atoms with Crippen LogP contribution in [0.25, 0.3) is 0 Å². The van der Waals surface area contributed by atoms with Crippen molar-refractivity contribution < 1.29 is 14.7 Å². The number of carbonyl (C=O) groups is 2. The zero-order chi connectivity index (χ0) is 14.8. The molecule has 0 atom stereocenters. The average Bonchev–Trinajstić information content (AvgIpc) is 2.41. The molecule has 0 saturated carbocycles. The van der Waals surface area contributed by atoms with Gasteiger partial charge in [-0.15, -0.1) is 12.6 Å². The molecule has 0 aromatic heterocycles. The van der Waals surface area contributed by atoms with E-state index in [1.165, 1.54) is 0 Å².